The van der Waals surface area contributed by atoms with Gasteiger partial charge in [-0.25, -0.2) is 9.18 Å². The number of carboxylic acids is 1. The molecule has 1 fully saturated rings. The van der Waals surface area contributed by atoms with Crippen molar-refractivity contribution in [3.63, 3.8) is 0 Å². The average molecular weight is 475 g/mol. The number of anilines is 1. The smallest absolute Gasteiger partial charge is 0.352 e. The number of aryl methyl sites for hydroxylation is 1. The Balaban J connectivity index is 1.57. The Labute approximate surface area is 198 Å². The third-order valence-electron chi connectivity index (χ3n) is 6.35. The quantitative estimate of drug-likeness (QED) is 0.336. The summed E-state index contributed by atoms with van der Waals surface area (Å²) in [5, 5.41) is 22.6. The first-order chi connectivity index (χ1) is 16.8. The summed E-state index contributed by atoms with van der Waals surface area (Å²) in [4.78, 5) is 39.6. The molecule has 1 aliphatic rings. The number of aromatic nitrogens is 2. The highest BCUT2D eigenvalue weighted by Crippen LogP contribution is 2.40. The third kappa shape index (κ3) is 4.00. The van der Waals surface area contributed by atoms with Gasteiger partial charge < -0.3 is 25.1 Å². The summed E-state index contributed by atoms with van der Waals surface area (Å²) in [6.07, 6.45) is 3.58. The maximum absolute atomic E-state index is 14.6. The van der Waals surface area contributed by atoms with Crippen molar-refractivity contribution >= 4 is 28.5 Å². The molecule has 2 aromatic carbocycles. The minimum absolute atomic E-state index is 0.107. The van der Waals surface area contributed by atoms with Crippen molar-refractivity contribution < 1.29 is 24.2 Å². The number of carbonyl (C=O) groups is 2. The number of nitrogens with one attached hydrogen (secondary N) is 2. The van der Waals surface area contributed by atoms with E-state index in [1.807, 2.05) is 0 Å². The van der Waals surface area contributed by atoms with Crippen molar-refractivity contribution in [3.05, 3.63) is 87.2 Å². The molecule has 4 N–H and O–H groups in total. The number of pyridine rings is 1. The fourth-order valence-electron chi connectivity index (χ4n) is 4.37. The van der Waals surface area contributed by atoms with E-state index >= 15 is 0 Å². The van der Waals surface area contributed by atoms with Gasteiger partial charge in [0.25, 0.3) is 11.5 Å². The third-order valence-corrected chi connectivity index (χ3v) is 6.35. The fourth-order valence-corrected chi connectivity index (χ4v) is 4.37. The molecule has 0 saturated heterocycles. The highest BCUT2D eigenvalue weighted by molar-refractivity contribution is 6.06. The van der Waals surface area contributed by atoms with Crippen molar-refractivity contribution in [2.45, 2.75) is 25.4 Å². The number of carboxylic acid groups (broad SMARTS) is 1. The Morgan fingerprint density at radius 2 is 1.94 bits per heavy atom. The van der Waals surface area contributed by atoms with E-state index in [9.17, 15) is 29.0 Å². The molecule has 1 aliphatic carbocycles. The molecule has 2 aromatic heterocycles. The van der Waals surface area contributed by atoms with Crippen LogP contribution in [-0.2, 0) is 13.7 Å². The molecule has 0 radical (unpaired) electrons. The lowest BCUT2D eigenvalue weighted by molar-refractivity contribution is 0.0691. The number of carbonyl (C=O) groups excluding carboxylic acids is 1. The lowest BCUT2D eigenvalue weighted by Crippen LogP contribution is -2.17. The summed E-state index contributed by atoms with van der Waals surface area (Å²) < 4.78 is 16.0. The second kappa shape index (κ2) is 8.52. The SMILES string of the molecule is Cn1cc(-c2cccc(NC(=O)c3ccc(C4CC4)cc3F)c2CO)c2cc(C(=O)O)[nH]c2c1=O. The summed E-state index contributed by atoms with van der Waals surface area (Å²) in [5.74, 6) is -2.13. The summed E-state index contributed by atoms with van der Waals surface area (Å²) in [6, 6.07) is 10.9. The number of hydrogen-bond acceptors (Lipinski definition) is 4. The van der Waals surface area contributed by atoms with Gasteiger partial charge >= 0.3 is 5.97 Å². The number of nitrogens with zero attached hydrogens (tertiary/aromatic N) is 1. The van der Waals surface area contributed by atoms with E-state index in [0.717, 1.165) is 18.4 Å². The number of aromatic carboxylic acids is 1. The van der Waals surface area contributed by atoms with Crippen molar-refractivity contribution in [2.75, 3.05) is 5.32 Å². The first kappa shape index (κ1) is 22.5. The van der Waals surface area contributed by atoms with E-state index in [1.54, 1.807) is 30.5 Å². The van der Waals surface area contributed by atoms with Crippen molar-refractivity contribution in [1.82, 2.24) is 9.55 Å². The topological polar surface area (TPSA) is 124 Å². The summed E-state index contributed by atoms with van der Waals surface area (Å²) in [5.41, 5.74) is 1.93. The molecule has 4 aromatic rings. The first-order valence-corrected chi connectivity index (χ1v) is 11.1. The molecule has 0 atom stereocenters. The van der Waals surface area contributed by atoms with Gasteiger partial charge in [-0.2, -0.15) is 0 Å². The maximum atomic E-state index is 14.6. The molecule has 35 heavy (non-hydrogen) atoms. The number of halogens is 1. The molecule has 2 heterocycles. The molecule has 0 spiro atoms. The van der Waals surface area contributed by atoms with E-state index in [0.29, 0.717) is 28.0 Å². The van der Waals surface area contributed by atoms with Crippen LogP contribution >= 0.6 is 0 Å². The summed E-state index contributed by atoms with van der Waals surface area (Å²) in [7, 11) is 1.53. The number of aromatic amines is 1. The minimum Gasteiger partial charge on any atom is -0.477 e. The molecule has 1 amide bonds. The van der Waals surface area contributed by atoms with Crippen molar-refractivity contribution in [1.29, 1.82) is 0 Å². The van der Waals surface area contributed by atoms with Crippen LogP contribution in [0.4, 0.5) is 10.1 Å². The van der Waals surface area contributed by atoms with E-state index < -0.39 is 29.9 Å². The van der Waals surface area contributed by atoms with E-state index in [4.69, 9.17) is 0 Å². The van der Waals surface area contributed by atoms with Crippen LogP contribution in [-0.4, -0.2) is 31.6 Å². The van der Waals surface area contributed by atoms with Crippen LogP contribution in [0, 0.1) is 5.82 Å². The van der Waals surface area contributed by atoms with E-state index in [2.05, 4.69) is 10.3 Å². The largest absolute Gasteiger partial charge is 0.477 e. The Morgan fingerprint density at radius 3 is 2.60 bits per heavy atom. The Bertz CT molecular complexity index is 1570. The number of rotatable bonds is 6. The molecule has 0 aliphatic heterocycles. The first-order valence-electron chi connectivity index (χ1n) is 11.1. The molecule has 1 saturated carbocycles. The van der Waals surface area contributed by atoms with Gasteiger partial charge in [0.2, 0.25) is 0 Å². The zero-order valence-electron chi connectivity index (χ0n) is 18.8. The van der Waals surface area contributed by atoms with Gasteiger partial charge in [-0.1, -0.05) is 18.2 Å². The lowest BCUT2D eigenvalue weighted by Gasteiger charge is -2.16. The Morgan fingerprint density at radius 1 is 1.17 bits per heavy atom. The van der Waals surface area contributed by atoms with Crippen LogP contribution in [0.15, 0.2) is 53.5 Å². The Hall–Kier alpha value is -4.24. The second-order valence-corrected chi connectivity index (χ2v) is 8.69. The Kier molecular flexibility index (Phi) is 5.49. The van der Waals surface area contributed by atoms with Crippen LogP contribution < -0.4 is 10.9 Å². The predicted octanol–water partition coefficient (Wildman–Crippen LogP) is 3.99. The van der Waals surface area contributed by atoms with Gasteiger partial charge in [0.15, 0.2) is 0 Å². The van der Waals surface area contributed by atoms with Crippen LogP contribution in [0.2, 0.25) is 0 Å². The summed E-state index contributed by atoms with van der Waals surface area (Å²) in [6.45, 7) is -0.463. The van der Waals surface area contributed by atoms with Crippen molar-refractivity contribution in [3.8, 4) is 11.1 Å². The second-order valence-electron chi connectivity index (χ2n) is 8.69. The number of aliphatic hydroxyl groups is 1. The van der Waals surface area contributed by atoms with Gasteiger partial charge in [-0.05, 0) is 54.2 Å². The van der Waals surface area contributed by atoms with Gasteiger partial charge in [-0.3, -0.25) is 9.59 Å². The molecular weight excluding hydrogens is 453 g/mol. The number of H-pyrrole nitrogens is 1. The van der Waals surface area contributed by atoms with Gasteiger partial charge in [0.1, 0.15) is 17.0 Å². The monoisotopic (exact) mass is 475 g/mol. The highest BCUT2D eigenvalue weighted by atomic mass is 19.1. The van der Waals surface area contributed by atoms with E-state index in [1.165, 1.54) is 29.8 Å². The molecule has 5 rings (SSSR count). The summed E-state index contributed by atoms with van der Waals surface area (Å²) >= 11 is 0. The van der Waals surface area contributed by atoms with Gasteiger partial charge in [0, 0.05) is 35.4 Å². The maximum Gasteiger partial charge on any atom is 0.352 e. The number of fused-ring (bicyclic) bond motifs is 1. The number of amides is 1. The fraction of sp³-hybridized carbons (Fsp3) is 0.192. The molecule has 0 unspecified atom stereocenters. The van der Waals surface area contributed by atoms with Crippen molar-refractivity contribution in [2.24, 2.45) is 7.05 Å². The van der Waals surface area contributed by atoms with Crippen LogP contribution in [0.25, 0.3) is 22.0 Å². The molecule has 178 valence electrons. The van der Waals surface area contributed by atoms with Crippen LogP contribution in [0.5, 0.6) is 0 Å². The zero-order valence-corrected chi connectivity index (χ0v) is 18.8. The molecule has 9 heteroatoms. The molecule has 8 nitrogen and oxygen atoms in total. The zero-order chi connectivity index (χ0) is 24.9. The number of hydrogen-bond donors (Lipinski definition) is 4. The normalized spacial score (nSPS) is 13.2. The predicted molar refractivity (Wildman–Crippen MR) is 128 cm³/mol. The van der Waals surface area contributed by atoms with Gasteiger partial charge in [0.05, 0.1) is 12.2 Å². The standard InChI is InChI=1S/C26H22FN3O5/c1-30-11-18(17-10-22(26(34)35)28-23(17)25(30)33)15-3-2-4-21(19(15)12-31)29-24(32)16-8-7-14(9-20(16)27)13-5-6-13/h2-4,7-11,13,28,31H,5-6,12H2,1H3,(H,29,32)(H,34,35). The minimum atomic E-state index is -1.22. The average Bonchev–Trinajstić information content (AvgIpc) is 3.58. The van der Waals surface area contributed by atoms with E-state index in [-0.39, 0.29) is 22.5 Å². The number of aliphatic hydroxyl groups excluding tert-OH is 1. The lowest BCUT2D eigenvalue weighted by atomic mass is 9.97. The highest BCUT2D eigenvalue weighted by Gasteiger charge is 2.25. The van der Waals surface area contributed by atoms with Crippen LogP contribution in [0.3, 0.4) is 0 Å². The molecule has 0 bridgehead atoms. The number of benzene rings is 2. The van der Waals surface area contributed by atoms with Gasteiger partial charge in [-0.15, -0.1) is 0 Å². The molecular formula is C26H22FN3O5. The van der Waals surface area contributed by atoms with Crippen LogP contribution in [0.1, 0.15) is 50.7 Å².